The number of hydrogen-bond acceptors (Lipinski definition) is 2. The van der Waals surface area contributed by atoms with Gasteiger partial charge >= 0.3 is 0 Å². The Balaban J connectivity index is 2.18. The molecular formula is C11H8BrClN2O. The van der Waals surface area contributed by atoms with Gasteiger partial charge in [0, 0.05) is 10.7 Å². The molecule has 0 saturated carbocycles. The summed E-state index contributed by atoms with van der Waals surface area (Å²) < 4.78 is 8.67. The number of benzene rings is 1. The number of aromatic nitrogens is 2. The topological polar surface area (TPSA) is 27.1 Å². The van der Waals surface area contributed by atoms with Crippen LogP contribution < -0.4 is 4.74 Å². The molecule has 82 valence electrons. The summed E-state index contributed by atoms with van der Waals surface area (Å²) in [6.07, 6.45) is 1.96. The number of alkyl halides is 1. The maximum Gasteiger partial charge on any atom is 0.151 e. The number of halogens is 2. The first kappa shape index (κ1) is 10.2. The first-order chi connectivity index (χ1) is 7.78. The van der Waals surface area contributed by atoms with Crippen LogP contribution in [0.1, 0.15) is 11.5 Å². The largest absolute Gasteiger partial charge is 0.483 e. The van der Waals surface area contributed by atoms with Crippen LogP contribution >= 0.6 is 27.5 Å². The van der Waals surface area contributed by atoms with Gasteiger partial charge in [0.25, 0.3) is 0 Å². The molecule has 0 aliphatic carbocycles. The Bertz CT molecular complexity index is 553. The molecule has 0 bridgehead atoms. The van der Waals surface area contributed by atoms with Crippen molar-refractivity contribution in [3.63, 3.8) is 0 Å². The van der Waals surface area contributed by atoms with Gasteiger partial charge in [0.2, 0.25) is 0 Å². The van der Waals surface area contributed by atoms with Crippen molar-refractivity contribution in [3.05, 3.63) is 40.4 Å². The van der Waals surface area contributed by atoms with E-state index in [1.807, 2.05) is 29.0 Å². The lowest BCUT2D eigenvalue weighted by atomic mass is 10.2. The van der Waals surface area contributed by atoms with E-state index in [1.165, 1.54) is 0 Å². The van der Waals surface area contributed by atoms with Crippen molar-refractivity contribution in [2.45, 2.75) is 12.5 Å². The van der Waals surface area contributed by atoms with Crippen molar-refractivity contribution in [2.75, 3.05) is 0 Å². The third kappa shape index (κ3) is 1.53. The molecular weight excluding hydrogens is 291 g/mol. The van der Waals surface area contributed by atoms with E-state index in [0.29, 0.717) is 12.5 Å². The minimum absolute atomic E-state index is 0.422. The third-order valence-corrected chi connectivity index (χ3v) is 3.27. The molecule has 2 heterocycles. The average Bonchev–Trinajstić information content (AvgIpc) is 2.71. The SMILES string of the molecule is ClCc1cn2c(n1)COc1cc(Br)ccc1-2. The molecule has 5 heteroatoms. The summed E-state index contributed by atoms with van der Waals surface area (Å²) in [7, 11) is 0. The molecule has 3 nitrogen and oxygen atoms in total. The van der Waals surface area contributed by atoms with Crippen molar-refractivity contribution < 1.29 is 4.74 Å². The number of hydrogen-bond donors (Lipinski definition) is 0. The minimum atomic E-state index is 0.422. The van der Waals surface area contributed by atoms with E-state index >= 15 is 0 Å². The van der Waals surface area contributed by atoms with Crippen LogP contribution in [0.15, 0.2) is 28.9 Å². The second-order valence-electron chi connectivity index (χ2n) is 3.55. The van der Waals surface area contributed by atoms with Crippen LogP contribution in [0.2, 0.25) is 0 Å². The molecule has 1 aromatic heterocycles. The monoisotopic (exact) mass is 298 g/mol. The zero-order valence-corrected chi connectivity index (χ0v) is 10.6. The molecule has 1 aromatic carbocycles. The number of rotatable bonds is 1. The second-order valence-corrected chi connectivity index (χ2v) is 4.74. The number of nitrogens with zero attached hydrogens (tertiary/aromatic N) is 2. The normalized spacial score (nSPS) is 12.9. The van der Waals surface area contributed by atoms with Gasteiger partial charge in [-0.2, -0.15) is 0 Å². The molecule has 0 unspecified atom stereocenters. The van der Waals surface area contributed by atoms with Gasteiger partial charge < -0.3 is 4.74 Å². The highest BCUT2D eigenvalue weighted by Crippen LogP contribution is 2.32. The molecule has 2 aromatic rings. The number of fused-ring (bicyclic) bond motifs is 3. The van der Waals surface area contributed by atoms with E-state index in [9.17, 15) is 0 Å². The molecule has 1 aliphatic heterocycles. The van der Waals surface area contributed by atoms with Gasteiger partial charge in [-0.15, -0.1) is 11.6 Å². The molecule has 0 N–H and O–H groups in total. The van der Waals surface area contributed by atoms with Gasteiger partial charge in [-0.05, 0) is 18.2 Å². The smallest absolute Gasteiger partial charge is 0.151 e. The van der Waals surface area contributed by atoms with Crippen LogP contribution in [0.25, 0.3) is 5.69 Å². The van der Waals surface area contributed by atoms with Crippen LogP contribution in [0.3, 0.4) is 0 Å². The molecule has 3 rings (SSSR count). The maximum atomic E-state index is 5.77. The lowest BCUT2D eigenvalue weighted by molar-refractivity contribution is 0.279. The summed E-state index contributed by atoms with van der Waals surface area (Å²) >= 11 is 9.20. The Morgan fingerprint density at radius 3 is 3.19 bits per heavy atom. The van der Waals surface area contributed by atoms with Gasteiger partial charge in [-0.3, -0.25) is 4.57 Å². The quantitative estimate of drug-likeness (QED) is 0.756. The summed E-state index contributed by atoms with van der Waals surface area (Å²) in [5, 5.41) is 0. The van der Waals surface area contributed by atoms with Crippen molar-refractivity contribution >= 4 is 27.5 Å². The fraction of sp³-hybridized carbons (Fsp3) is 0.182. The average molecular weight is 300 g/mol. The Hall–Kier alpha value is -1.000. The summed E-state index contributed by atoms with van der Waals surface area (Å²) in [5.41, 5.74) is 1.88. The maximum absolute atomic E-state index is 5.77. The summed E-state index contributed by atoms with van der Waals surface area (Å²) in [6.45, 7) is 0.486. The second kappa shape index (κ2) is 3.79. The van der Waals surface area contributed by atoms with Crippen LogP contribution in [0.5, 0.6) is 5.75 Å². The summed E-state index contributed by atoms with van der Waals surface area (Å²) in [5.74, 6) is 2.18. The van der Waals surface area contributed by atoms with Crippen molar-refractivity contribution in [2.24, 2.45) is 0 Å². The molecule has 0 atom stereocenters. The van der Waals surface area contributed by atoms with Gasteiger partial charge in [-0.25, -0.2) is 4.98 Å². The van der Waals surface area contributed by atoms with Gasteiger partial charge in [-0.1, -0.05) is 15.9 Å². The van der Waals surface area contributed by atoms with E-state index in [2.05, 4.69) is 20.9 Å². The van der Waals surface area contributed by atoms with Crippen molar-refractivity contribution in [1.29, 1.82) is 0 Å². The molecule has 0 amide bonds. The van der Waals surface area contributed by atoms with E-state index in [0.717, 1.165) is 27.4 Å². The summed E-state index contributed by atoms with van der Waals surface area (Å²) in [4.78, 5) is 4.38. The Labute approximate surface area is 106 Å². The predicted octanol–water partition coefficient (Wildman–Crippen LogP) is 3.27. The van der Waals surface area contributed by atoms with Gasteiger partial charge in [0.05, 0.1) is 17.3 Å². The predicted molar refractivity (Wildman–Crippen MR) is 65.2 cm³/mol. The standard InChI is InChI=1S/C11H8BrClN2O/c12-7-1-2-9-10(3-7)16-6-11-14-8(4-13)5-15(9)11/h1-3,5H,4,6H2. The van der Waals surface area contributed by atoms with E-state index in [1.54, 1.807) is 0 Å². The Morgan fingerprint density at radius 1 is 1.50 bits per heavy atom. The van der Waals surface area contributed by atoms with Crippen LogP contribution in [0.4, 0.5) is 0 Å². The summed E-state index contributed by atoms with van der Waals surface area (Å²) in [6, 6.07) is 5.94. The zero-order chi connectivity index (χ0) is 11.1. The molecule has 1 aliphatic rings. The highest BCUT2D eigenvalue weighted by Gasteiger charge is 2.18. The highest BCUT2D eigenvalue weighted by atomic mass is 79.9. The molecule has 0 radical (unpaired) electrons. The van der Waals surface area contributed by atoms with E-state index < -0.39 is 0 Å². The third-order valence-electron chi connectivity index (χ3n) is 2.50. The Morgan fingerprint density at radius 2 is 2.38 bits per heavy atom. The molecule has 16 heavy (non-hydrogen) atoms. The fourth-order valence-corrected chi connectivity index (χ4v) is 2.26. The van der Waals surface area contributed by atoms with Crippen LogP contribution in [0, 0.1) is 0 Å². The van der Waals surface area contributed by atoms with Crippen LogP contribution in [-0.4, -0.2) is 9.55 Å². The van der Waals surface area contributed by atoms with Gasteiger partial charge in [0.1, 0.15) is 12.4 Å². The minimum Gasteiger partial charge on any atom is -0.483 e. The van der Waals surface area contributed by atoms with E-state index in [4.69, 9.17) is 16.3 Å². The van der Waals surface area contributed by atoms with E-state index in [-0.39, 0.29) is 0 Å². The molecule has 0 saturated heterocycles. The fourth-order valence-electron chi connectivity index (χ4n) is 1.79. The Kier molecular flexibility index (Phi) is 2.41. The number of imidazole rings is 1. The lowest BCUT2D eigenvalue weighted by Crippen LogP contribution is -2.12. The lowest BCUT2D eigenvalue weighted by Gasteiger charge is -2.19. The first-order valence-corrected chi connectivity index (χ1v) is 6.16. The van der Waals surface area contributed by atoms with Gasteiger partial charge in [0.15, 0.2) is 5.82 Å². The first-order valence-electron chi connectivity index (χ1n) is 4.84. The number of ether oxygens (including phenoxy) is 1. The van der Waals surface area contributed by atoms with Crippen molar-refractivity contribution in [3.8, 4) is 11.4 Å². The molecule has 0 fully saturated rings. The van der Waals surface area contributed by atoms with Crippen LogP contribution in [-0.2, 0) is 12.5 Å². The highest BCUT2D eigenvalue weighted by molar-refractivity contribution is 9.10. The van der Waals surface area contributed by atoms with Crippen molar-refractivity contribution in [1.82, 2.24) is 9.55 Å². The molecule has 0 spiro atoms. The zero-order valence-electron chi connectivity index (χ0n) is 8.28.